The molecule has 0 saturated heterocycles. The van der Waals surface area contributed by atoms with Gasteiger partial charge in [-0.2, -0.15) is 8.42 Å². The third-order valence-electron chi connectivity index (χ3n) is 6.67. The molecule has 0 amide bonds. The maximum atomic E-state index is 9.19. The first-order valence-electron chi connectivity index (χ1n) is 10.9. The summed E-state index contributed by atoms with van der Waals surface area (Å²) in [5.74, 6) is 1.94. The summed E-state index contributed by atoms with van der Waals surface area (Å²) in [5.41, 5.74) is 8.90. The Morgan fingerprint density at radius 2 is 1.97 bits per heavy atom. The molecular formula is C24H28N2O3S. The Morgan fingerprint density at radius 3 is 2.73 bits per heavy atom. The summed E-state index contributed by atoms with van der Waals surface area (Å²) < 4.78 is 28.5. The van der Waals surface area contributed by atoms with Gasteiger partial charge in [-0.15, -0.1) is 0 Å². The standard InChI is InChI=1S/C23H24N2.CH4O3S/c1-2-17-7-8-18-13-16(12-15-4-5-15)6-9-21(18)25-22-10-11-24-14-20(22)19(3-1)23(17)25;1-5(2,3)4/h2,7-8,10-11,14-16H,1,3-6,9,12-13H2;1H3,(H,2,3,4). The molecule has 3 heterocycles. The topological polar surface area (TPSA) is 72.2 Å². The van der Waals surface area contributed by atoms with E-state index < -0.39 is 10.1 Å². The molecule has 1 N–H and O–H groups in total. The quantitative estimate of drug-likeness (QED) is 0.668. The maximum absolute atomic E-state index is 9.19. The van der Waals surface area contributed by atoms with Crippen LogP contribution < -0.4 is 0 Å². The number of rotatable bonds is 2. The monoisotopic (exact) mass is 424 g/mol. The molecule has 5 nitrogen and oxygen atoms in total. The Balaban J connectivity index is 0.000000349. The van der Waals surface area contributed by atoms with Crippen molar-refractivity contribution in [2.45, 2.75) is 51.4 Å². The van der Waals surface area contributed by atoms with E-state index in [-0.39, 0.29) is 0 Å². The fourth-order valence-corrected chi connectivity index (χ4v) is 5.32. The molecule has 3 aliphatic carbocycles. The second-order valence-electron chi connectivity index (χ2n) is 9.08. The summed E-state index contributed by atoms with van der Waals surface area (Å²) in [4.78, 5) is 4.43. The van der Waals surface area contributed by atoms with E-state index in [4.69, 9.17) is 4.55 Å². The number of hydrogen-bond acceptors (Lipinski definition) is 3. The van der Waals surface area contributed by atoms with Crippen molar-refractivity contribution in [2.24, 2.45) is 11.8 Å². The van der Waals surface area contributed by atoms with E-state index in [0.717, 1.165) is 24.7 Å². The van der Waals surface area contributed by atoms with Gasteiger partial charge in [0.2, 0.25) is 0 Å². The van der Waals surface area contributed by atoms with Crippen LogP contribution in [0.2, 0.25) is 0 Å². The molecule has 158 valence electrons. The second kappa shape index (κ2) is 7.50. The van der Waals surface area contributed by atoms with Crippen LogP contribution in [0.1, 0.15) is 56.2 Å². The van der Waals surface area contributed by atoms with Gasteiger partial charge >= 0.3 is 0 Å². The van der Waals surface area contributed by atoms with Crippen molar-refractivity contribution in [1.29, 1.82) is 0 Å². The van der Waals surface area contributed by atoms with Gasteiger partial charge in [-0.05, 0) is 73.1 Å². The minimum atomic E-state index is -3.67. The van der Waals surface area contributed by atoms with Gasteiger partial charge in [-0.1, -0.05) is 31.1 Å². The van der Waals surface area contributed by atoms with Crippen molar-refractivity contribution in [3.8, 4) is 0 Å². The number of pyridine rings is 1. The van der Waals surface area contributed by atoms with Crippen molar-refractivity contribution < 1.29 is 13.0 Å². The van der Waals surface area contributed by atoms with Crippen molar-refractivity contribution in [2.75, 3.05) is 6.26 Å². The molecule has 2 aromatic rings. The lowest BCUT2D eigenvalue weighted by Crippen LogP contribution is -2.14. The molecule has 0 spiro atoms. The summed E-state index contributed by atoms with van der Waals surface area (Å²) in [6.07, 6.45) is 22.6. The molecule has 1 saturated carbocycles. The normalized spacial score (nSPS) is 22.6. The van der Waals surface area contributed by atoms with Crippen LogP contribution in [0.3, 0.4) is 0 Å². The molecule has 6 heteroatoms. The SMILES string of the molecule is C1=CC2=C(CCC(CC3CC3)C2)n2c3c(c4cnccc42)CCC=C13.CS(=O)(=O)O. The predicted molar refractivity (Wildman–Crippen MR) is 121 cm³/mol. The number of allylic oxidation sites excluding steroid dienone is 6. The molecule has 1 unspecified atom stereocenters. The van der Waals surface area contributed by atoms with E-state index in [1.165, 1.54) is 66.3 Å². The Labute approximate surface area is 177 Å². The lowest BCUT2D eigenvalue weighted by Gasteiger charge is -2.27. The number of aryl methyl sites for hydroxylation is 1. The second-order valence-corrected chi connectivity index (χ2v) is 10.5. The van der Waals surface area contributed by atoms with Gasteiger partial charge in [-0.25, -0.2) is 0 Å². The Morgan fingerprint density at radius 1 is 1.17 bits per heavy atom. The van der Waals surface area contributed by atoms with Crippen molar-refractivity contribution in [3.05, 3.63) is 53.5 Å². The largest absolute Gasteiger partial charge is 0.312 e. The average molecular weight is 425 g/mol. The van der Waals surface area contributed by atoms with Gasteiger partial charge in [0.25, 0.3) is 10.1 Å². The number of aromatic nitrogens is 2. The fourth-order valence-electron chi connectivity index (χ4n) is 5.32. The summed E-state index contributed by atoms with van der Waals surface area (Å²) in [5, 5.41) is 1.37. The van der Waals surface area contributed by atoms with Gasteiger partial charge in [-0.3, -0.25) is 9.54 Å². The third-order valence-corrected chi connectivity index (χ3v) is 6.67. The zero-order valence-electron chi connectivity index (χ0n) is 17.3. The minimum absolute atomic E-state index is 0.715. The minimum Gasteiger partial charge on any atom is -0.312 e. The van der Waals surface area contributed by atoms with Gasteiger partial charge < -0.3 is 4.57 Å². The molecule has 30 heavy (non-hydrogen) atoms. The highest BCUT2D eigenvalue weighted by molar-refractivity contribution is 7.85. The van der Waals surface area contributed by atoms with E-state index in [1.54, 1.807) is 11.3 Å². The van der Waals surface area contributed by atoms with Crippen LogP contribution in [-0.4, -0.2) is 28.8 Å². The van der Waals surface area contributed by atoms with Crippen molar-refractivity contribution in [3.63, 3.8) is 0 Å². The van der Waals surface area contributed by atoms with Crippen LogP contribution >= 0.6 is 0 Å². The van der Waals surface area contributed by atoms with Crippen molar-refractivity contribution in [1.82, 2.24) is 9.55 Å². The molecule has 0 radical (unpaired) electrons. The van der Waals surface area contributed by atoms with Crippen LogP contribution in [0.4, 0.5) is 0 Å². The van der Waals surface area contributed by atoms with Crippen molar-refractivity contribution >= 4 is 32.3 Å². The smallest absolute Gasteiger partial charge is 0.261 e. The summed E-state index contributed by atoms with van der Waals surface area (Å²) >= 11 is 0. The first-order valence-corrected chi connectivity index (χ1v) is 12.7. The van der Waals surface area contributed by atoms with Gasteiger partial charge in [0, 0.05) is 23.5 Å². The Bertz CT molecular complexity index is 1190. The Hall–Kier alpha value is -2.18. The van der Waals surface area contributed by atoms with Crippen LogP contribution in [-0.2, 0) is 16.5 Å². The molecule has 6 rings (SSSR count). The van der Waals surface area contributed by atoms with Gasteiger partial charge in [0.15, 0.2) is 0 Å². The van der Waals surface area contributed by atoms with Gasteiger partial charge in [0.1, 0.15) is 0 Å². The van der Waals surface area contributed by atoms with E-state index in [0.29, 0.717) is 6.26 Å². The third kappa shape index (κ3) is 3.91. The van der Waals surface area contributed by atoms with E-state index in [9.17, 15) is 8.42 Å². The number of nitrogens with zero attached hydrogens (tertiary/aromatic N) is 2. The van der Waals surface area contributed by atoms with E-state index in [2.05, 4.69) is 40.0 Å². The zero-order chi connectivity index (χ0) is 20.9. The first kappa shape index (κ1) is 19.8. The molecule has 4 aliphatic rings. The molecule has 2 aromatic heterocycles. The van der Waals surface area contributed by atoms with E-state index in [1.807, 2.05) is 6.20 Å². The molecule has 1 atom stereocenters. The van der Waals surface area contributed by atoms with Crippen LogP contribution in [0.25, 0.3) is 22.2 Å². The Kier molecular flexibility index (Phi) is 4.94. The lowest BCUT2D eigenvalue weighted by atomic mass is 9.83. The van der Waals surface area contributed by atoms with Gasteiger partial charge in [0.05, 0.1) is 17.5 Å². The molecular weight excluding hydrogens is 396 g/mol. The highest BCUT2D eigenvalue weighted by Crippen LogP contribution is 2.46. The zero-order valence-corrected chi connectivity index (χ0v) is 18.2. The predicted octanol–water partition coefficient (Wildman–Crippen LogP) is 5.25. The highest BCUT2D eigenvalue weighted by Gasteiger charge is 2.32. The number of hydrogen-bond donors (Lipinski definition) is 1. The maximum Gasteiger partial charge on any atom is 0.261 e. The molecule has 1 fully saturated rings. The highest BCUT2D eigenvalue weighted by atomic mass is 32.2. The molecule has 0 bridgehead atoms. The van der Waals surface area contributed by atoms with Crippen LogP contribution in [0.5, 0.6) is 0 Å². The molecule has 0 aromatic carbocycles. The first-order chi connectivity index (χ1) is 14.4. The molecule has 1 aliphatic heterocycles. The average Bonchev–Trinajstić information content (AvgIpc) is 3.47. The summed E-state index contributed by atoms with van der Waals surface area (Å²) in [6.45, 7) is 0. The summed E-state index contributed by atoms with van der Waals surface area (Å²) in [7, 11) is -3.67. The van der Waals surface area contributed by atoms with Crippen LogP contribution in [0, 0.1) is 11.8 Å². The fraction of sp³-hybridized carbons (Fsp3) is 0.458. The van der Waals surface area contributed by atoms with Crippen LogP contribution in [0.15, 0.2) is 42.3 Å². The number of fused-ring (bicyclic) bond motifs is 4. The lowest BCUT2D eigenvalue weighted by molar-refractivity contribution is 0.414. The summed E-state index contributed by atoms with van der Waals surface area (Å²) in [6, 6.07) is 2.22. The van der Waals surface area contributed by atoms with E-state index >= 15 is 0 Å².